The molecule has 1 fully saturated rings. The van der Waals surface area contributed by atoms with Crippen molar-refractivity contribution in [1.29, 1.82) is 0 Å². The van der Waals surface area contributed by atoms with E-state index < -0.39 is 11.8 Å². The number of nitrogens with one attached hydrogen (secondary N) is 2. The smallest absolute Gasteiger partial charge is 0.235 e. The SMILES string of the molecule is Cc1c(O)cc2c(C3CCC(=O)NC3=O)[nH]nc2c1O. The number of phenolic OH excluding ortho intramolecular Hbond substituents is 2. The lowest BCUT2D eigenvalue weighted by Crippen LogP contribution is -2.39. The highest BCUT2D eigenvalue weighted by molar-refractivity contribution is 6.03. The summed E-state index contributed by atoms with van der Waals surface area (Å²) < 4.78 is 0. The number of H-pyrrole nitrogens is 1. The van der Waals surface area contributed by atoms with E-state index in [1.807, 2.05) is 0 Å². The van der Waals surface area contributed by atoms with Crippen LogP contribution in [0.2, 0.25) is 0 Å². The van der Waals surface area contributed by atoms with Crippen molar-refractivity contribution in [3.8, 4) is 11.5 Å². The zero-order valence-electron chi connectivity index (χ0n) is 10.7. The first-order valence-electron chi connectivity index (χ1n) is 6.22. The van der Waals surface area contributed by atoms with Gasteiger partial charge in [0.15, 0.2) is 0 Å². The van der Waals surface area contributed by atoms with E-state index in [4.69, 9.17) is 0 Å². The van der Waals surface area contributed by atoms with Gasteiger partial charge in [-0.05, 0) is 19.4 Å². The first-order valence-corrected chi connectivity index (χ1v) is 6.22. The van der Waals surface area contributed by atoms with Gasteiger partial charge in [-0.1, -0.05) is 0 Å². The minimum absolute atomic E-state index is 0.0649. The molecular weight excluding hydrogens is 262 g/mol. The Bertz CT molecular complexity index is 735. The number of amides is 2. The molecule has 7 heteroatoms. The molecule has 0 spiro atoms. The second-order valence-corrected chi connectivity index (χ2v) is 4.91. The molecular formula is C13H13N3O4. The Morgan fingerprint density at radius 1 is 1.35 bits per heavy atom. The maximum absolute atomic E-state index is 11.9. The monoisotopic (exact) mass is 275 g/mol. The highest BCUT2D eigenvalue weighted by atomic mass is 16.3. The Balaban J connectivity index is 2.14. The molecule has 1 saturated heterocycles. The van der Waals surface area contributed by atoms with Gasteiger partial charge >= 0.3 is 0 Å². The van der Waals surface area contributed by atoms with Crippen LogP contribution in [0.1, 0.15) is 30.0 Å². The Morgan fingerprint density at radius 2 is 2.10 bits per heavy atom. The van der Waals surface area contributed by atoms with Crippen molar-refractivity contribution < 1.29 is 19.8 Å². The highest BCUT2D eigenvalue weighted by Gasteiger charge is 2.31. The van der Waals surface area contributed by atoms with Crippen molar-refractivity contribution in [3.05, 3.63) is 17.3 Å². The van der Waals surface area contributed by atoms with Crippen LogP contribution in [0, 0.1) is 6.92 Å². The molecule has 1 aromatic carbocycles. The van der Waals surface area contributed by atoms with Crippen LogP contribution in [0.4, 0.5) is 0 Å². The van der Waals surface area contributed by atoms with E-state index in [1.54, 1.807) is 6.92 Å². The third-order valence-electron chi connectivity index (χ3n) is 3.67. The number of phenols is 2. The summed E-state index contributed by atoms with van der Waals surface area (Å²) in [5.41, 5.74) is 1.13. The van der Waals surface area contributed by atoms with Crippen LogP contribution in [0.3, 0.4) is 0 Å². The van der Waals surface area contributed by atoms with E-state index >= 15 is 0 Å². The summed E-state index contributed by atoms with van der Waals surface area (Å²) in [5, 5.41) is 29.2. The van der Waals surface area contributed by atoms with Gasteiger partial charge in [0.2, 0.25) is 11.8 Å². The summed E-state index contributed by atoms with van der Waals surface area (Å²) in [6, 6.07) is 1.47. The Labute approximate surface area is 113 Å². The standard InChI is InChI=1S/C13H13N3O4/c1-5-8(17)4-7-10(15-16-11(7)12(5)19)6-2-3-9(18)14-13(6)20/h4,6,17,19H,2-3H2,1H3,(H,15,16)(H,14,18,20). The number of carbonyl (C=O) groups is 2. The number of piperidine rings is 1. The van der Waals surface area contributed by atoms with Gasteiger partial charge in [0.05, 0.1) is 11.6 Å². The van der Waals surface area contributed by atoms with Crippen molar-refractivity contribution in [3.63, 3.8) is 0 Å². The maximum atomic E-state index is 11.9. The molecule has 3 rings (SSSR count). The fourth-order valence-electron chi connectivity index (χ4n) is 2.47. The molecule has 0 bridgehead atoms. The molecule has 4 N–H and O–H groups in total. The third-order valence-corrected chi connectivity index (χ3v) is 3.67. The minimum atomic E-state index is -0.542. The van der Waals surface area contributed by atoms with E-state index in [-0.39, 0.29) is 23.8 Å². The second kappa shape index (κ2) is 4.22. The Kier molecular flexibility index (Phi) is 2.63. The number of aromatic amines is 1. The molecule has 2 aromatic rings. The lowest BCUT2D eigenvalue weighted by atomic mass is 9.92. The number of benzene rings is 1. The van der Waals surface area contributed by atoms with Crippen molar-refractivity contribution in [2.24, 2.45) is 0 Å². The normalized spacial score (nSPS) is 19.4. The van der Waals surface area contributed by atoms with E-state index in [9.17, 15) is 19.8 Å². The second-order valence-electron chi connectivity index (χ2n) is 4.91. The largest absolute Gasteiger partial charge is 0.508 e. The molecule has 0 saturated carbocycles. The predicted octanol–water partition coefficient (Wildman–Crippen LogP) is 0.803. The molecule has 1 aliphatic rings. The third kappa shape index (κ3) is 1.70. The average Bonchev–Trinajstić information content (AvgIpc) is 2.80. The number of aromatic nitrogens is 2. The van der Waals surface area contributed by atoms with Crippen LogP contribution in [-0.2, 0) is 9.59 Å². The van der Waals surface area contributed by atoms with Crippen molar-refractivity contribution in [2.75, 3.05) is 0 Å². The molecule has 0 aliphatic carbocycles. The van der Waals surface area contributed by atoms with Crippen molar-refractivity contribution >= 4 is 22.7 Å². The number of imide groups is 1. The number of hydrogen-bond donors (Lipinski definition) is 4. The average molecular weight is 275 g/mol. The number of carbonyl (C=O) groups excluding carboxylic acids is 2. The van der Waals surface area contributed by atoms with Gasteiger partial charge in [0.1, 0.15) is 17.0 Å². The number of hydrogen-bond acceptors (Lipinski definition) is 5. The molecule has 1 aliphatic heterocycles. The molecule has 1 unspecified atom stereocenters. The van der Waals surface area contributed by atoms with Crippen molar-refractivity contribution in [2.45, 2.75) is 25.7 Å². The van der Waals surface area contributed by atoms with Gasteiger partial charge in [-0.25, -0.2) is 0 Å². The summed E-state index contributed by atoms with van der Waals surface area (Å²) in [6.07, 6.45) is 0.623. The lowest BCUT2D eigenvalue weighted by Gasteiger charge is -2.19. The fraction of sp³-hybridized carbons (Fsp3) is 0.308. The summed E-state index contributed by atoms with van der Waals surface area (Å²) >= 11 is 0. The lowest BCUT2D eigenvalue weighted by molar-refractivity contribution is -0.134. The van der Waals surface area contributed by atoms with Gasteiger partial charge in [-0.15, -0.1) is 0 Å². The van der Waals surface area contributed by atoms with Gasteiger partial charge in [-0.2, -0.15) is 5.10 Å². The maximum Gasteiger partial charge on any atom is 0.235 e. The van der Waals surface area contributed by atoms with Crippen LogP contribution in [0.25, 0.3) is 10.9 Å². The first kappa shape index (κ1) is 12.5. The molecule has 2 amide bonds. The highest BCUT2D eigenvalue weighted by Crippen LogP contribution is 2.38. The zero-order valence-corrected chi connectivity index (χ0v) is 10.7. The Hall–Kier alpha value is -2.57. The number of aromatic hydroxyl groups is 2. The molecule has 104 valence electrons. The van der Waals surface area contributed by atoms with Gasteiger partial charge in [0, 0.05) is 17.4 Å². The number of nitrogens with zero attached hydrogens (tertiary/aromatic N) is 1. The van der Waals surface area contributed by atoms with Gasteiger partial charge < -0.3 is 10.2 Å². The van der Waals surface area contributed by atoms with E-state index in [1.165, 1.54) is 6.07 Å². The minimum Gasteiger partial charge on any atom is -0.508 e. The van der Waals surface area contributed by atoms with Crippen molar-refractivity contribution in [1.82, 2.24) is 15.5 Å². The summed E-state index contributed by atoms with van der Waals surface area (Å²) in [4.78, 5) is 23.0. The number of rotatable bonds is 1. The van der Waals surface area contributed by atoms with Crippen LogP contribution >= 0.6 is 0 Å². The van der Waals surface area contributed by atoms with Gasteiger partial charge in [-0.3, -0.25) is 20.0 Å². The van der Waals surface area contributed by atoms with E-state index in [0.717, 1.165) is 0 Å². The topological polar surface area (TPSA) is 115 Å². The van der Waals surface area contributed by atoms with Gasteiger partial charge in [0.25, 0.3) is 0 Å². The van der Waals surface area contributed by atoms with Crippen LogP contribution in [0.5, 0.6) is 11.5 Å². The first-order chi connectivity index (χ1) is 9.49. The fourth-order valence-corrected chi connectivity index (χ4v) is 2.47. The van der Waals surface area contributed by atoms with Crippen LogP contribution < -0.4 is 5.32 Å². The van der Waals surface area contributed by atoms with Crippen LogP contribution in [-0.4, -0.2) is 32.2 Å². The van der Waals surface area contributed by atoms with E-state index in [0.29, 0.717) is 28.6 Å². The quantitative estimate of drug-likeness (QED) is 0.575. The van der Waals surface area contributed by atoms with Crippen LogP contribution in [0.15, 0.2) is 6.07 Å². The molecule has 7 nitrogen and oxygen atoms in total. The summed E-state index contributed by atoms with van der Waals surface area (Å²) in [7, 11) is 0. The molecule has 2 heterocycles. The predicted molar refractivity (Wildman–Crippen MR) is 69.3 cm³/mol. The van der Waals surface area contributed by atoms with E-state index in [2.05, 4.69) is 15.5 Å². The molecule has 1 atom stereocenters. The number of fused-ring (bicyclic) bond motifs is 1. The molecule has 20 heavy (non-hydrogen) atoms. The zero-order chi connectivity index (χ0) is 14.4. The molecule has 1 aromatic heterocycles. The summed E-state index contributed by atoms with van der Waals surface area (Å²) in [5.74, 6) is -1.41. The molecule has 0 radical (unpaired) electrons. The Morgan fingerprint density at radius 3 is 2.80 bits per heavy atom. The summed E-state index contributed by atoms with van der Waals surface area (Å²) in [6.45, 7) is 1.57.